The summed E-state index contributed by atoms with van der Waals surface area (Å²) in [6.45, 7) is 3.38. The minimum absolute atomic E-state index is 0.401. The van der Waals surface area contributed by atoms with Crippen LogP contribution in [0.2, 0.25) is 0 Å². The van der Waals surface area contributed by atoms with Crippen LogP contribution in [0.25, 0.3) is 0 Å². The Hall–Kier alpha value is -1.18. The molecule has 0 aromatic carbocycles. The number of hydrogen-bond donors (Lipinski definition) is 1. The van der Waals surface area contributed by atoms with E-state index in [1.165, 1.54) is 0 Å². The Labute approximate surface area is 95.6 Å². The lowest BCUT2D eigenvalue weighted by molar-refractivity contribution is -0.145. The Balaban J connectivity index is 3.37. The number of halogens is 3. The summed E-state index contributed by atoms with van der Waals surface area (Å²) < 4.78 is 39.2. The molecule has 2 N–H and O–H groups in total. The number of nitrogens with zero attached hydrogens (tertiary/aromatic N) is 3. The van der Waals surface area contributed by atoms with E-state index in [-0.39, 0.29) is 0 Å². The van der Waals surface area contributed by atoms with Crippen LogP contribution in [0.3, 0.4) is 0 Å². The predicted octanol–water partition coefficient (Wildman–Crippen LogP) is 1.90. The highest BCUT2D eigenvalue weighted by atomic mass is 32.1. The summed E-state index contributed by atoms with van der Waals surface area (Å²) in [5.41, 5.74) is 3.73. The minimum atomic E-state index is -4.56. The summed E-state index contributed by atoms with van der Waals surface area (Å²) in [7, 11) is 0. The van der Waals surface area contributed by atoms with Crippen molar-refractivity contribution in [3.8, 4) is 0 Å². The standard InChI is InChI=1S/C8H11F3N4S/c1-3-4(2)15-6(8(9,10)11)5(7(12)16)13-14-15/h4H,3H2,1-2H3,(H2,12,16). The van der Waals surface area contributed by atoms with Gasteiger partial charge in [-0.2, -0.15) is 13.2 Å². The Kier molecular flexibility index (Phi) is 3.51. The van der Waals surface area contributed by atoms with Gasteiger partial charge in [0.05, 0.1) is 6.04 Å². The average Bonchev–Trinajstić information content (AvgIpc) is 2.59. The van der Waals surface area contributed by atoms with Gasteiger partial charge in [-0.3, -0.25) is 0 Å². The van der Waals surface area contributed by atoms with Crippen LogP contribution >= 0.6 is 12.2 Å². The number of rotatable bonds is 3. The molecule has 1 unspecified atom stereocenters. The zero-order valence-electron chi connectivity index (χ0n) is 8.75. The molecule has 1 aromatic heterocycles. The van der Waals surface area contributed by atoms with Gasteiger partial charge in [0.25, 0.3) is 0 Å². The second-order valence-corrected chi connectivity index (χ2v) is 3.79. The van der Waals surface area contributed by atoms with Gasteiger partial charge in [-0.1, -0.05) is 24.4 Å². The molecular weight excluding hydrogens is 241 g/mol. The van der Waals surface area contributed by atoms with Crippen LogP contribution in [0, 0.1) is 0 Å². The van der Waals surface area contributed by atoms with Gasteiger partial charge in [-0.05, 0) is 13.3 Å². The van der Waals surface area contributed by atoms with Crippen molar-refractivity contribution in [3.63, 3.8) is 0 Å². The molecule has 16 heavy (non-hydrogen) atoms. The lowest BCUT2D eigenvalue weighted by Gasteiger charge is -2.14. The van der Waals surface area contributed by atoms with Gasteiger partial charge >= 0.3 is 6.18 Å². The molecule has 1 heterocycles. The van der Waals surface area contributed by atoms with Crippen molar-refractivity contribution in [1.82, 2.24) is 15.0 Å². The van der Waals surface area contributed by atoms with Gasteiger partial charge in [0.2, 0.25) is 0 Å². The fraction of sp³-hybridized carbons (Fsp3) is 0.625. The zero-order valence-corrected chi connectivity index (χ0v) is 9.56. The van der Waals surface area contributed by atoms with Crippen LogP contribution in [-0.4, -0.2) is 20.0 Å². The van der Waals surface area contributed by atoms with Gasteiger partial charge in [0.1, 0.15) is 4.99 Å². The first-order valence-electron chi connectivity index (χ1n) is 4.61. The van der Waals surface area contributed by atoms with Crippen LogP contribution < -0.4 is 5.73 Å². The Morgan fingerprint density at radius 2 is 2.12 bits per heavy atom. The van der Waals surface area contributed by atoms with Gasteiger partial charge in [0.15, 0.2) is 11.4 Å². The first kappa shape index (κ1) is 12.9. The number of hydrogen-bond acceptors (Lipinski definition) is 3. The first-order valence-corrected chi connectivity index (χ1v) is 5.02. The van der Waals surface area contributed by atoms with Gasteiger partial charge in [-0.25, -0.2) is 4.68 Å². The monoisotopic (exact) mass is 252 g/mol. The highest BCUT2D eigenvalue weighted by Crippen LogP contribution is 2.33. The van der Waals surface area contributed by atoms with Crippen LogP contribution in [0.4, 0.5) is 13.2 Å². The molecule has 8 heteroatoms. The molecule has 1 rings (SSSR count). The van der Waals surface area contributed by atoms with E-state index in [0.29, 0.717) is 6.42 Å². The topological polar surface area (TPSA) is 56.7 Å². The number of nitrogens with two attached hydrogens (primary N) is 1. The smallest absolute Gasteiger partial charge is 0.388 e. The molecule has 0 radical (unpaired) electrons. The van der Waals surface area contributed by atoms with Crippen LogP contribution in [0.15, 0.2) is 0 Å². The normalized spacial score (nSPS) is 13.8. The van der Waals surface area contributed by atoms with E-state index < -0.39 is 28.6 Å². The third kappa shape index (κ3) is 2.31. The fourth-order valence-corrected chi connectivity index (χ4v) is 1.34. The molecule has 0 spiro atoms. The van der Waals surface area contributed by atoms with E-state index in [2.05, 4.69) is 22.5 Å². The summed E-state index contributed by atoms with van der Waals surface area (Å²) in [4.78, 5) is -0.401. The third-order valence-electron chi connectivity index (χ3n) is 2.20. The molecule has 0 saturated carbocycles. The lowest BCUT2D eigenvalue weighted by atomic mass is 10.2. The van der Waals surface area contributed by atoms with Crippen molar-refractivity contribution < 1.29 is 13.2 Å². The summed E-state index contributed by atoms with van der Waals surface area (Å²) in [6.07, 6.45) is -4.06. The van der Waals surface area contributed by atoms with Crippen LogP contribution in [-0.2, 0) is 6.18 Å². The first-order chi connectivity index (χ1) is 7.29. The Bertz CT molecular complexity index is 398. The van der Waals surface area contributed by atoms with Crippen molar-refractivity contribution in [1.29, 1.82) is 0 Å². The lowest BCUT2D eigenvalue weighted by Crippen LogP contribution is -2.22. The molecule has 1 aromatic rings. The van der Waals surface area contributed by atoms with Gasteiger partial charge in [0, 0.05) is 0 Å². The van der Waals surface area contributed by atoms with Crippen molar-refractivity contribution in [2.75, 3.05) is 0 Å². The number of alkyl halides is 3. The van der Waals surface area contributed by atoms with Gasteiger partial charge in [-0.15, -0.1) is 5.10 Å². The van der Waals surface area contributed by atoms with Crippen molar-refractivity contribution >= 4 is 17.2 Å². The van der Waals surface area contributed by atoms with E-state index >= 15 is 0 Å². The quantitative estimate of drug-likeness (QED) is 0.835. The second kappa shape index (κ2) is 4.36. The van der Waals surface area contributed by atoms with E-state index in [9.17, 15) is 13.2 Å². The maximum absolute atomic E-state index is 12.8. The summed E-state index contributed by atoms with van der Waals surface area (Å²) in [6, 6.07) is -0.410. The molecule has 0 aliphatic carbocycles. The molecule has 0 aliphatic heterocycles. The highest BCUT2D eigenvalue weighted by Gasteiger charge is 2.40. The van der Waals surface area contributed by atoms with E-state index in [4.69, 9.17) is 5.73 Å². The fourth-order valence-electron chi connectivity index (χ4n) is 1.21. The van der Waals surface area contributed by atoms with E-state index in [1.54, 1.807) is 13.8 Å². The molecule has 0 fully saturated rings. The molecule has 0 saturated heterocycles. The summed E-state index contributed by atoms with van der Waals surface area (Å²) >= 11 is 4.52. The number of thiocarbonyl (C=S) groups is 1. The SMILES string of the molecule is CCC(C)n1nnc(C(N)=S)c1C(F)(F)F. The maximum atomic E-state index is 12.8. The molecular formula is C8H11F3N4S. The Morgan fingerprint density at radius 1 is 1.56 bits per heavy atom. The van der Waals surface area contributed by atoms with Crippen molar-refractivity contribution in [2.45, 2.75) is 32.5 Å². The van der Waals surface area contributed by atoms with Crippen LogP contribution in [0.1, 0.15) is 37.7 Å². The second-order valence-electron chi connectivity index (χ2n) is 3.35. The Morgan fingerprint density at radius 3 is 2.50 bits per heavy atom. The molecule has 90 valence electrons. The molecule has 1 atom stereocenters. The van der Waals surface area contributed by atoms with E-state index in [1.807, 2.05) is 0 Å². The maximum Gasteiger partial charge on any atom is 0.435 e. The molecule has 0 bridgehead atoms. The largest absolute Gasteiger partial charge is 0.435 e. The molecule has 4 nitrogen and oxygen atoms in total. The highest BCUT2D eigenvalue weighted by molar-refractivity contribution is 7.80. The van der Waals surface area contributed by atoms with E-state index in [0.717, 1.165) is 4.68 Å². The van der Waals surface area contributed by atoms with Crippen molar-refractivity contribution in [2.24, 2.45) is 5.73 Å². The predicted molar refractivity (Wildman–Crippen MR) is 55.9 cm³/mol. The molecule has 0 aliphatic rings. The summed E-state index contributed by atoms with van der Waals surface area (Å²) in [5.74, 6) is 0. The van der Waals surface area contributed by atoms with Crippen LogP contribution in [0.5, 0.6) is 0 Å². The minimum Gasteiger partial charge on any atom is -0.388 e. The van der Waals surface area contributed by atoms with Crippen molar-refractivity contribution in [3.05, 3.63) is 11.4 Å². The number of aromatic nitrogens is 3. The third-order valence-corrected chi connectivity index (χ3v) is 2.40. The summed E-state index contributed by atoms with van der Waals surface area (Å²) in [5, 5.41) is 6.83. The van der Waals surface area contributed by atoms with Gasteiger partial charge < -0.3 is 5.73 Å². The average molecular weight is 252 g/mol. The zero-order chi connectivity index (χ0) is 12.5. The molecule has 0 amide bonds.